The zero-order valence-corrected chi connectivity index (χ0v) is 13.4. The number of nitrogens with zero attached hydrogens (tertiary/aromatic N) is 1. The highest BCUT2D eigenvalue weighted by molar-refractivity contribution is 7.91. The number of sulfonamides is 1. The van der Waals surface area contributed by atoms with Crippen LogP contribution in [0.4, 0.5) is 13.2 Å². The van der Waals surface area contributed by atoms with E-state index in [4.69, 9.17) is 0 Å². The number of thiophene rings is 2. The largest absolute Gasteiger partial charge is 0.402 e. The standard InChI is InChI=1S/C12H12F3NO2S3/c1-9-2-3-11(20-9)21(17,18)16(8-12(13,14)15)6-10-4-5-19-7-10/h2-5,7H,6,8H2,1H3. The predicted molar refractivity (Wildman–Crippen MR) is 77.0 cm³/mol. The third kappa shape index (κ3) is 4.29. The van der Waals surface area contributed by atoms with Crippen LogP contribution in [-0.2, 0) is 16.6 Å². The van der Waals surface area contributed by atoms with Gasteiger partial charge in [0.2, 0.25) is 0 Å². The van der Waals surface area contributed by atoms with E-state index in [9.17, 15) is 21.6 Å². The van der Waals surface area contributed by atoms with Crippen molar-refractivity contribution in [3.63, 3.8) is 0 Å². The summed E-state index contributed by atoms with van der Waals surface area (Å²) in [6, 6.07) is 4.53. The molecule has 0 fully saturated rings. The van der Waals surface area contributed by atoms with Crippen LogP contribution in [0.2, 0.25) is 0 Å². The van der Waals surface area contributed by atoms with Gasteiger partial charge in [-0.15, -0.1) is 11.3 Å². The van der Waals surface area contributed by atoms with Gasteiger partial charge in [0.1, 0.15) is 10.8 Å². The Balaban J connectivity index is 2.34. The molecule has 0 aliphatic heterocycles. The molecule has 2 aromatic rings. The molecule has 21 heavy (non-hydrogen) atoms. The molecule has 2 heterocycles. The molecule has 0 spiro atoms. The van der Waals surface area contributed by atoms with Gasteiger partial charge in [0.25, 0.3) is 10.0 Å². The first-order valence-electron chi connectivity index (χ1n) is 5.83. The van der Waals surface area contributed by atoms with E-state index in [0.717, 1.165) is 16.2 Å². The molecule has 0 radical (unpaired) electrons. The number of hydrogen-bond acceptors (Lipinski definition) is 4. The summed E-state index contributed by atoms with van der Waals surface area (Å²) in [5.74, 6) is 0. The highest BCUT2D eigenvalue weighted by atomic mass is 32.2. The van der Waals surface area contributed by atoms with E-state index in [1.807, 2.05) is 0 Å². The second kappa shape index (κ2) is 6.07. The number of rotatable bonds is 5. The van der Waals surface area contributed by atoms with Gasteiger partial charge in [-0.25, -0.2) is 8.42 Å². The molecule has 0 amide bonds. The summed E-state index contributed by atoms with van der Waals surface area (Å²) in [6.45, 7) is -0.0823. The maximum atomic E-state index is 12.7. The molecule has 116 valence electrons. The average molecular weight is 355 g/mol. The van der Waals surface area contributed by atoms with E-state index >= 15 is 0 Å². The second-order valence-corrected chi connectivity index (χ2v) is 8.62. The summed E-state index contributed by atoms with van der Waals surface area (Å²) in [6.07, 6.45) is -4.59. The summed E-state index contributed by atoms with van der Waals surface area (Å²) in [7, 11) is -4.15. The fraction of sp³-hybridized carbons (Fsp3) is 0.333. The van der Waals surface area contributed by atoms with Gasteiger partial charge in [-0.2, -0.15) is 28.8 Å². The smallest absolute Gasteiger partial charge is 0.206 e. The minimum absolute atomic E-state index is 0.0699. The van der Waals surface area contributed by atoms with Crippen LogP contribution in [0, 0.1) is 6.92 Å². The molecule has 0 aromatic carbocycles. The summed E-state index contributed by atoms with van der Waals surface area (Å²) in [5, 5.41) is 3.33. The Morgan fingerprint density at radius 3 is 2.43 bits per heavy atom. The van der Waals surface area contributed by atoms with Gasteiger partial charge in [-0.3, -0.25) is 0 Å². The van der Waals surface area contributed by atoms with Gasteiger partial charge in [0.05, 0.1) is 0 Å². The molecule has 0 aliphatic rings. The monoisotopic (exact) mass is 355 g/mol. The molecule has 0 bridgehead atoms. The van der Waals surface area contributed by atoms with Crippen LogP contribution in [0.15, 0.2) is 33.2 Å². The lowest BCUT2D eigenvalue weighted by Gasteiger charge is -2.22. The zero-order valence-electron chi connectivity index (χ0n) is 10.9. The van der Waals surface area contributed by atoms with Gasteiger partial charge < -0.3 is 0 Å². The van der Waals surface area contributed by atoms with Crippen molar-refractivity contribution in [1.29, 1.82) is 0 Å². The van der Waals surface area contributed by atoms with E-state index in [2.05, 4.69) is 0 Å². The lowest BCUT2D eigenvalue weighted by atomic mass is 10.3. The van der Waals surface area contributed by atoms with Crippen LogP contribution in [0.3, 0.4) is 0 Å². The first-order valence-corrected chi connectivity index (χ1v) is 9.03. The Hall–Kier alpha value is -0.900. The summed E-state index contributed by atoms with van der Waals surface area (Å²) in [4.78, 5) is 0.732. The molecule has 2 aromatic heterocycles. The van der Waals surface area contributed by atoms with Gasteiger partial charge >= 0.3 is 6.18 Å². The molecule has 3 nitrogen and oxygen atoms in total. The van der Waals surface area contributed by atoms with E-state index in [0.29, 0.717) is 9.87 Å². The minimum Gasteiger partial charge on any atom is -0.206 e. The summed E-state index contributed by atoms with van der Waals surface area (Å²) >= 11 is 2.28. The van der Waals surface area contributed by atoms with Gasteiger partial charge in [0, 0.05) is 11.4 Å². The average Bonchev–Trinajstić information content (AvgIpc) is 2.98. The van der Waals surface area contributed by atoms with Crippen LogP contribution in [0.25, 0.3) is 0 Å². The van der Waals surface area contributed by atoms with Crippen molar-refractivity contribution in [1.82, 2.24) is 4.31 Å². The van der Waals surface area contributed by atoms with Crippen molar-refractivity contribution in [2.75, 3.05) is 6.54 Å². The Morgan fingerprint density at radius 1 is 1.24 bits per heavy atom. The van der Waals surface area contributed by atoms with Crippen LogP contribution in [-0.4, -0.2) is 25.4 Å². The zero-order chi connectivity index (χ0) is 15.7. The van der Waals surface area contributed by atoms with Crippen LogP contribution in [0.5, 0.6) is 0 Å². The van der Waals surface area contributed by atoms with E-state index in [1.165, 1.54) is 17.4 Å². The van der Waals surface area contributed by atoms with Crippen LogP contribution >= 0.6 is 22.7 Å². The highest BCUT2D eigenvalue weighted by Crippen LogP contribution is 2.28. The van der Waals surface area contributed by atoms with Crippen molar-refractivity contribution < 1.29 is 21.6 Å². The topological polar surface area (TPSA) is 37.4 Å². The van der Waals surface area contributed by atoms with Crippen molar-refractivity contribution in [2.24, 2.45) is 0 Å². The molecule has 0 unspecified atom stereocenters. The molecule has 0 aliphatic carbocycles. The fourth-order valence-electron chi connectivity index (χ4n) is 1.69. The Kier molecular flexibility index (Phi) is 4.76. The predicted octanol–water partition coefficient (Wildman–Crippen LogP) is 3.87. The van der Waals surface area contributed by atoms with Gasteiger partial charge in [-0.05, 0) is 41.4 Å². The summed E-state index contributed by atoms with van der Waals surface area (Å²) in [5.41, 5.74) is 0.543. The SMILES string of the molecule is Cc1ccc(S(=O)(=O)N(Cc2ccsc2)CC(F)(F)F)s1. The maximum Gasteiger partial charge on any atom is 0.402 e. The molecule has 0 saturated carbocycles. The number of hydrogen-bond donors (Lipinski definition) is 0. The number of alkyl halides is 3. The Bertz CT molecular complexity index is 690. The molecule has 2 rings (SSSR count). The Morgan fingerprint density at radius 2 is 1.95 bits per heavy atom. The summed E-state index contributed by atoms with van der Waals surface area (Å²) < 4.78 is 63.2. The first-order chi connectivity index (χ1) is 9.68. The van der Waals surface area contributed by atoms with Crippen molar-refractivity contribution in [3.05, 3.63) is 39.4 Å². The van der Waals surface area contributed by atoms with Crippen molar-refractivity contribution in [2.45, 2.75) is 23.9 Å². The quantitative estimate of drug-likeness (QED) is 0.816. The molecule has 9 heteroatoms. The van der Waals surface area contributed by atoms with Crippen molar-refractivity contribution >= 4 is 32.7 Å². The third-order valence-electron chi connectivity index (χ3n) is 2.60. The second-order valence-electron chi connectivity index (χ2n) is 4.38. The van der Waals surface area contributed by atoms with Crippen molar-refractivity contribution in [3.8, 4) is 0 Å². The molecular formula is C12H12F3NO2S3. The normalized spacial score (nSPS) is 13.0. The van der Waals surface area contributed by atoms with Gasteiger partial charge in [0.15, 0.2) is 0 Å². The lowest BCUT2D eigenvalue weighted by Crippen LogP contribution is -2.38. The maximum absolute atomic E-state index is 12.7. The van der Waals surface area contributed by atoms with Gasteiger partial charge in [-0.1, -0.05) is 0 Å². The molecule has 0 atom stereocenters. The molecule has 0 N–H and O–H groups in total. The van der Waals surface area contributed by atoms with Crippen LogP contribution in [0.1, 0.15) is 10.4 Å². The number of aryl methyl sites for hydroxylation is 1. The lowest BCUT2D eigenvalue weighted by molar-refractivity contribution is -0.136. The molecule has 0 saturated heterocycles. The third-order valence-corrected chi connectivity index (χ3v) is 6.60. The Labute approximate surface area is 128 Å². The van der Waals surface area contributed by atoms with Crippen LogP contribution < -0.4 is 0 Å². The van der Waals surface area contributed by atoms with E-state index in [1.54, 1.807) is 29.8 Å². The number of halogens is 3. The molecular weight excluding hydrogens is 343 g/mol. The minimum atomic E-state index is -4.59. The highest BCUT2D eigenvalue weighted by Gasteiger charge is 2.37. The first kappa shape index (κ1) is 16.5. The fourth-order valence-corrected chi connectivity index (χ4v) is 5.20. The van der Waals surface area contributed by atoms with E-state index < -0.39 is 22.7 Å². The van der Waals surface area contributed by atoms with E-state index in [-0.39, 0.29) is 10.8 Å².